The van der Waals surface area contributed by atoms with Gasteiger partial charge in [0.25, 0.3) is 7.52 Å². The fourth-order valence-corrected chi connectivity index (χ4v) is 1.44. The van der Waals surface area contributed by atoms with Crippen molar-refractivity contribution in [3.8, 4) is 0 Å². The van der Waals surface area contributed by atoms with Crippen LogP contribution in [-0.4, -0.2) is 17.6 Å². The monoisotopic (exact) mass is 137 g/mol. The molecule has 0 radical (unpaired) electrons. The topological polar surface area (TPSA) is 49.3 Å². The van der Waals surface area contributed by atoms with E-state index in [1.807, 2.05) is 13.8 Å². The van der Waals surface area contributed by atoms with Crippen molar-refractivity contribution < 1.29 is 9.46 Å². The highest BCUT2D eigenvalue weighted by atomic mass is 31.2. The number of rotatable bonds is 2. The third kappa shape index (κ3) is 6.15. The van der Waals surface area contributed by atoms with Crippen molar-refractivity contribution >= 4 is 7.52 Å². The molecule has 2 N–H and O–H groups in total. The first kappa shape index (κ1) is 8.15. The van der Waals surface area contributed by atoms with Gasteiger partial charge in [0, 0.05) is 12.7 Å². The van der Waals surface area contributed by atoms with Crippen LogP contribution in [0, 0.1) is 0 Å². The lowest BCUT2D eigenvalue weighted by Crippen LogP contribution is -2.18. The summed E-state index contributed by atoms with van der Waals surface area (Å²) in [4.78, 5) is 8.63. The predicted octanol–water partition coefficient (Wildman–Crippen LogP) is 0.800. The average Bonchev–Trinajstić information content (AvgIpc) is 1.21. The maximum absolute atomic E-state index is 10.5. The Balaban J connectivity index is 3.56. The summed E-state index contributed by atoms with van der Waals surface area (Å²) in [5, 5.41) is 2.49. The minimum absolute atomic E-state index is 0.0795. The molecule has 0 aliphatic carbocycles. The van der Waals surface area contributed by atoms with Crippen LogP contribution in [0.15, 0.2) is 0 Å². The molecular formula is C4H12NO2P. The molecule has 0 amide bonds. The Morgan fingerprint density at radius 3 is 2.00 bits per heavy atom. The summed E-state index contributed by atoms with van der Waals surface area (Å²) in [7, 11) is -2.97. The number of hydrogen-bond acceptors (Lipinski definition) is 1. The maximum Gasteiger partial charge on any atom is 0.264 e. The molecule has 0 rings (SSSR count). The molecule has 0 bridgehead atoms. The van der Waals surface area contributed by atoms with Gasteiger partial charge < -0.3 is 4.89 Å². The Hall–Kier alpha value is 0.150. The van der Waals surface area contributed by atoms with Gasteiger partial charge in [-0.3, -0.25) is 4.57 Å². The fourth-order valence-electron chi connectivity index (χ4n) is 0.479. The van der Waals surface area contributed by atoms with Gasteiger partial charge >= 0.3 is 0 Å². The molecule has 0 saturated heterocycles. The van der Waals surface area contributed by atoms with Crippen molar-refractivity contribution in [2.45, 2.75) is 19.9 Å². The van der Waals surface area contributed by atoms with Crippen LogP contribution in [0.2, 0.25) is 0 Å². The van der Waals surface area contributed by atoms with E-state index in [9.17, 15) is 4.57 Å². The van der Waals surface area contributed by atoms with Gasteiger partial charge in [0.2, 0.25) is 0 Å². The van der Waals surface area contributed by atoms with Crippen LogP contribution in [0.5, 0.6) is 0 Å². The minimum atomic E-state index is -2.97. The minimum Gasteiger partial charge on any atom is -0.333 e. The molecule has 0 saturated carbocycles. The number of hydrogen-bond donors (Lipinski definition) is 2. The third-order valence-electron chi connectivity index (χ3n) is 0.498. The van der Waals surface area contributed by atoms with Crippen LogP contribution >= 0.6 is 7.52 Å². The number of nitrogens with one attached hydrogen (secondary N) is 1. The zero-order valence-electron chi connectivity index (χ0n) is 5.38. The molecule has 3 nitrogen and oxygen atoms in total. The summed E-state index contributed by atoms with van der Waals surface area (Å²) in [5.74, 6) is 0. The van der Waals surface area contributed by atoms with E-state index < -0.39 is 7.52 Å². The first-order chi connectivity index (χ1) is 3.42. The molecule has 0 fully saturated rings. The fraction of sp³-hybridized carbons (Fsp3) is 1.00. The van der Waals surface area contributed by atoms with Crippen molar-refractivity contribution in [2.24, 2.45) is 0 Å². The molecule has 50 valence electrons. The van der Waals surface area contributed by atoms with Gasteiger partial charge in [0.05, 0.1) is 0 Å². The van der Waals surface area contributed by atoms with E-state index in [0.717, 1.165) is 0 Å². The van der Waals surface area contributed by atoms with Gasteiger partial charge in [0.1, 0.15) is 0 Å². The molecule has 0 aromatic rings. The van der Waals surface area contributed by atoms with Crippen molar-refractivity contribution in [3.05, 3.63) is 0 Å². The summed E-state index contributed by atoms with van der Waals surface area (Å²) < 4.78 is 10.5. The van der Waals surface area contributed by atoms with E-state index in [4.69, 9.17) is 4.89 Å². The highest BCUT2D eigenvalue weighted by molar-refractivity contribution is 7.55. The molecule has 0 aromatic carbocycles. The Morgan fingerprint density at radius 2 is 2.00 bits per heavy atom. The molecule has 0 aliphatic heterocycles. The van der Waals surface area contributed by atoms with Crippen LogP contribution in [0.4, 0.5) is 0 Å². The average molecular weight is 137 g/mol. The van der Waals surface area contributed by atoms with Crippen LogP contribution in [0.1, 0.15) is 13.8 Å². The standard InChI is InChI=1S/C4H12NO2P/c1-4(2)5-8(3,6)7/h4H,1-3H3,(H2,5,6,7). The van der Waals surface area contributed by atoms with Gasteiger partial charge in [-0.2, -0.15) is 0 Å². The second-order valence-corrected chi connectivity index (χ2v) is 4.18. The molecule has 8 heavy (non-hydrogen) atoms. The molecule has 4 heteroatoms. The van der Waals surface area contributed by atoms with E-state index in [-0.39, 0.29) is 6.04 Å². The van der Waals surface area contributed by atoms with Crippen molar-refractivity contribution in [2.75, 3.05) is 6.66 Å². The molecule has 0 spiro atoms. The van der Waals surface area contributed by atoms with E-state index >= 15 is 0 Å². The van der Waals surface area contributed by atoms with E-state index in [2.05, 4.69) is 5.09 Å². The Bertz CT molecular complexity index is 107. The zero-order valence-corrected chi connectivity index (χ0v) is 6.27. The zero-order chi connectivity index (χ0) is 6.78. The molecule has 0 aliphatic rings. The SMILES string of the molecule is CC(C)NP(C)(=O)O. The second-order valence-electron chi connectivity index (χ2n) is 2.16. The van der Waals surface area contributed by atoms with Crippen molar-refractivity contribution in [1.29, 1.82) is 0 Å². The van der Waals surface area contributed by atoms with Crippen LogP contribution in [-0.2, 0) is 4.57 Å². The van der Waals surface area contributed by atoms with Crippen LogP contribution in [0.25, 0.3) is 0 Å². The lowest BCUT2D eigenvalue weighted by molar-refractivity contribution is 0.462. The highest BCUT2D eigenvalue weighted by Gasteiger charge is 2.08. The first-order valence-electron chi connectivity index (χ1n) is 2.50. The normalized spacial score (nSPS) is 18.6. The largest absolute Gasteiger partial charge is 0.333 e. The van der Waals surface area contributed by atoms with Gasteiger partial charge in [-0.15, -0.1) is 0 Å². The van der Waals surface area contributed by atoms with E-state index in [0.29, 0.717) is 0 Å². The summed E-state index contributed by atoms with van der Waals surface area (Å²) in [6.07, 6.45) is 0. The Kier molecular flexibility index (Phi) is 2.67. The smallest absolute Gasteiger partial charge is 0.264 e. The van der Waals surface area contributed by atoms with Gasteiger partial charge in [-0.25, -0.2) is 5.09 Å². The molecule has 0 aromatic heterocycles. The predicted molar refractivity (Wildman–Crippen MR) is 34.0 cm³/mol. The Labute approximate surface area is 49.6 Å². The quantitative estimate of drug-likeness (QED) is 0.553. The van der Waals surface area contributed by atoms with E-state index in [1.54, 1.807) is 0 Å². The molecule has 1 unspecified atom stereocenters. The Morgan fingerprint density at radius 1 is 1.62 bits per heavy atom. The lowest BCUT2D eigenvalue weighted by Gasteiger charge is -2.09. The van der Waals surface area contributed by atoms with Gasteiger partial charge in [-0.1, -0.05) is 0 Å². The van der Waals surface area contributed by atoms with Gasteiger partial charge in [0.15, 0.2) is 0 Å². The first-order valence-corrected chi connectivity index (χ1v) is 4.60. The van der Waals surface area contributed by atoms with Gasteiger partial charge in [-0.05, 0) is 13.8 Å². The van der Waals surface area contributed by atoms with Crippen molar-refractivity contribution in [1.82, 2.24) is 5.09 Å². The maximum atomic E-state index is 10.5. The molecule has 1 atom stereocenters. The summed E-state index contributed by atoms with van der Waals surface area (Å²) >= 11 is 0. The van der Waals surface area contributed by atoms with Crippen LogP contribution < -0.4 is 5.09 Å². The molecular weight excluding hydrogens is 125 g/mol. The second kappa shape index (κ2) is 2.62. The summed E-state index contributed by atoms with van der Waals surface area (Å²) in [5.41, 5.74) is 0. The lowest BCUT2D eigenvalue weighted by atomic mass is 10.4. The highest BCUT2D eigenvalue weighted by Crippen LogP contribution is 2.29. The molecule has 0 heterocycles. The third-order valence-corrected chi connectivity index (χ3v) is 1.49. The summed E-state index contributed by atoms with van der Waals surface area (Å²) in [6, 6.07) is 0.0795. The van der Waals surface area contributed by atoms with E-state index in [1.165, 1.54) is 6.66 Å². The van der Waals surface area contributed by atoms with Crippen molar-refractivity contribution in [3.63, 3.8) is 0 Å². The van der Waals surface area contributed by atoms with Crippen LogP contribution in [0.3, 0.4) is 0 Å². The summed E-state index contributed by atoms with van der Waals surface area (Å²) in [6.45, 7) is 4.94.